The van der Waals surface area contributed by atoms with E-state index < -0.39 is 48.2 Å². The lowest BCUT2D eigenvalue weighted by molar-refractivity contribution is -0.154. The summed E-state index contributed by atoms with van der Waals surface area (Å²) in [6.45, 7) is -2.13. The maximum absolute atomic E-state index is 12.9. The predicted octanol–water partition coefficient (Wildman–Crippen LogP) is 2.85. The molecule has 2 aromatic carbocycles. The second kappa shape index (κ2) is 17.1. The number of benzene rings is 2. The summed E-state index contributed by atoms with van der Waals surface area (Å²) in [6, 6.07) is 11.8. The second-order valence-corrected chi connectivity index (χ2v) is 11.6. The van der Waals surface area contributed by atoms with Gasteiger partial charge in [0, 0.05) is 37.0 Å². The van der Waals surface area contributed by atoms with Gasteiger partial charge < -0.3 is 45.5 Å². The number of aliphatic hydroxyl groups is 1. The minimum absolute atomic E-state index is 0.0108. The number of rotatable bonds is 17. The monoisotopic (exact) mass is 724 g/mol. The van der Waals surface area contributed by atoms with Gasteiger partial charge in [0.15, 0.2) is 6.61 Å². The average Bonchev–Trinajstić information content (AvgIpc) is 3.85. The summed E-state index contributed by atoms with van der Waals surface area (Å²) in [7, 11) is 2.81. The molecule has 0 bridgehead atoms. The molecule has 4 rings (SSSR count). The zero-order chi connectivity index (χ0) is 36.3. The molecule has 50 heavy (non-hydrogen) atoms. The Morgan fingerprint density at radius 3 is 2.24 bits per heavy atom. The Morgan fingerprint density at radius 2 is 1.62 bits per heavy atom. The molecule has 1 aliphatic rings. The number of hydrogen-bond donors (Lipinski definition) is 5. The van der Waals surface area contributed by atoms with Gasteiger partial charge >= 0.3 is 30.0 Å². The van der Waals surface area contributed by atoms with Crippen LogP contribution in [0.25, 0.3) is 0 Å². The van der Waals surface area contributed by atoms with Crippen LogP contribution in [0.3, 0.4) is 0 Å². The molecule has 1 atom stereocenters. The molecule has 1 aliphatic carbocycles. The third kappa shape index (κ3) is 11.6. The van der Waals surface area contributed by atoms with Crippen molar-refractivity contribution in [1.82, 2.24) is 25.2 Å². The van der Waals surface area contributed by atoms with Crippen LogP contribution in [0.4, 0.5) is 36.4 Å². The van der Waals surface area contributed by atoms with Crippen LogP contribution in [0.1, 0.15) is 18.4 Å². The highest BCUT2D eigenvalue weighted by Crippen LogP contribution is 2.48. The van der Waals surface area contributed by atoms with E-state index in [1.54, 1.807) is 36.4 Å². The fourth-order valence-corrected chi connectivity index (χ4v) is 4.51. The summed E-state index contributed by atoms with van der Waals surface area (Å²) in [5.74, 6) is -2.60. The number of likely N-dealkylation sites (N-methyl/N-ethyl adjacent to an activating group) is 1. The van der Waals surface area contributed by atoms with Crippen molar-refractivity contribution in [1.29, 1.82) is 0 Å². The van der Waals surface area contributed by atoms with Crippen molar-refractivity contribution in [2.24, 2.45) is 0 Å². The van der Waals surface area contributed by atoms with Crippen molar-refractivity contribution < 1.29 is 46.9 Å². The molecule has 15 nitrogen and oxygen atoms in total. The molecular formula is C31H36ClF3N8O7. The van der Waals surface area contributed by atoms with Gasteiger partial charge in [0.05, 0.1) is 25.4 Å². The van der Waals surface area contributed by atoms with Gasteiger partial charge in [0.2, 0.25) is 11.9 Å². The van der Waals surface area contributed by atoms with Gasteiger partial charge in [0.1, 0.15) is 12.6 Å². The van der Waals surface area contributed by atoms with Crippen LogP contribution >= 0.6 is 11.6 Å². The van der Waals surface area contributed by atoms with Crippen LogP contribution in [0, 0.1) is 0 Å². The molecule has 1 saturated carbocycles. The summed E-state index contributed by atoms with van der Waals surface area (Å²) < 4.78 is 54.0. The Bertz CT molecular complexity index is 1610. The van der Waals surface area contributed by atoms with Crippen molar-refractivity contribution in [2.45, 2.75) is 30.6 Å². The lowest BCUT2D eigenvalue weighted by atomic mass is 10.1. The van der Waals surface area contributed by atoms with Gasteiger partial charge in [-0.3, -0.25) is 9.59 Å². The van der Waals surface area contributed by atoms with Crippen molar-refractivity contribution in [3.8, 4) is 6.01 Å². The van der Waals surface area contributed by atoms with Crippen molar-refractivity contribution in [3.05, 3.63) is 59.1 Å². The highest BCUT2D eigenvalue weighted by atomic mass is 35.5. The van der Waals surface area contributed by atoms with E-state index in [1.165, 1.54) is 14.1 Å². The number of carbonyl (C=O) groups excluding carboxylic acids is 3. The third-order valence-electron chi connectivity index (χ3n) is 7.02. The fourth-order valence-electron chi connectivity index (χ4n) is 4.39. The van der Waals surface area contributed by atoms with E-state index in [0.717, 1.165) is 23.3 Å². The lowest BCUT2D eigenvalue weighted by Gasteiger charge is -2.20. The number of amides is 2. The molecule has 0 unspecified atom stereocenters. The first kappa shape index (κ1) is 37.9. The normalized spacial score (nSPS) is 13.8. The minimum atomic E-state index is -4.62. The zero-order valence-corrected chi connectivity index (χ0v) is 27.8. The molecule has 1 heterocycles. The molecule has 270 valence electrons. The molecule has 0 radical (unpaired) electrons. The lowest BCUT2D eigenvalue weighted by Crippen LogP contribution is -2.47. The minimum Gasteiger partial charge on any atom is -0.462 e. The molecule has 0 saturated heterocycles. The quantitative estimate of drug-likeness (QED) is 0.0778. The number of alkyl halides is 3. The molecule has 1 fully saturated rings. The highest BCUT2D eigenvalue weighted by Gasteiger charge is 2.45. The SMILES string of the molecule is CN(C)C(=O)C(=O)NC[C@H](Nc1ccc(Nc2nc(NC3(c4ccc(Cl)cc4)CC3)nc(OCC(F)(F)F)n2)cc1)C(=O)OCCOCCO. The maximum Gasteiger partial charge on any atom is 0.422 e. The van der Waals surface area contributed by atoms with E-state index >= 15 is 0 Å². The molecular weight excluding hydrogens is 689 g/mol. The van der Waals surface area contributed by atoms with Gasteiger partial charge in [-0.1, -0.05) is 23.7 Å². The third-order valence-corrected chi connectivity index (χ3v) is 7.27. The summed E-state index contributed by atoms with van der Waals surface area (Å²) in [5, 5.41) is 20.8. The van der Waals surface area contributed by atoms with E-state index in [-0.39, 0.29) is 44.9 Å². The first-order chi connectivity index (χ1) is 23.8. The Labute approximate surface area is 289 Å². The first-order valence-corrected chi connectivity index (χ1v) is 15.6. The van der Waals surface area contributed by atoms with E-state index in [2.05, 4.69) is 36.2 Å². The highest BCUT2D eigenvalue weighted by molar-refractivity contribution is 6.34. The summed E-state index contributed by atoms with van der Waals surface area (Å²) in [4.78, 5) is 50.5. The van der Waals surface area contributed by atoms with Crippen molar-refractivity contribution in [3.63, 3.8) is 0 Å². The second-order valence-electron chi connectivity index (χ2n) is 11.2. The van der Waals surface area contributed by atoms with Crippen LogP contribution < -0.4 is 26.0 Å². The van der Waals surface area contributed by atoms with E-state index in [4.69, 9.17) is 30.9 Å². The number of halogens is 4. The van der Waals surface area contributed by atoms with Crippen LogP contribution in [-0.4, -0.2) is 109 Å². The first-order valence-electron chi connectivity index (χ1n) is 15.2. The topological polar surface area (TPSA) is 189 Å². The van der Waals surface area contributed by atoms with Crippen LogP contribution in [0.5, 0.6) is 6.01 Å². The Balaban J connectivity index is 1.47. The Hall–Kier alpha value is -4.94. The molecule has 19 heteroatoms. The average molecular weight is 725 g/mol. The van der Waals surface area contributed by atoms with Crippen molar-refractivity contribution >= 4 is 52.7 Å². The Kier molecular flexibility index (Phi) is 13.0. The van der Waals surface area contributed by atoms with Crippen molar-refractivity contribution in [2.75, 3.05) is 69.6 Å². The Morgan fingerprint density at radius 1 is 0.960 bits per heavy atom. The number of anilines is 4. The number of ether oxygens (including phenoxy) is 3. The van der Waals surface area contributed by atoms with Crippen LogP contribution in [0.2, 0.25) is 5.02 Å². The number of aliphatic hydroxyl groups excluding tert-OH is 1. The molecule has 2 amide bonds. The standard InChI is InChI=1S/C31H36ClF3N8O7/c1-43(2)25(46)24(45)36-17-23(26(47)49-16-15-48-14-13-44)37-21-7-9-22(10-8-21)38-27-39-28(41-29(40-27)50-18-31(33,34)35)42-30(11-12-30)19-3-5-20(32)6-4-19/h3-10,23,37,44H,11-18H2,1-2H3,(H,36,45)(H2,38,39,40,41,42)/t23-/m0/s1. The van der Waals surface area contributed by atoms with Gasteiger partial charge in [-0.25, -0.2) is 4.79 Å². The molecule has 0 spiro atoms. The molecule has 5 N–H and O–H groups in total. The number of esters is 1. The maximum atomic E-state index is 12.9. The summed E-state index contributed by atoms with van der Waals surface area (Å²) in [5.41, 5.74) is 1.19. The van der Waals surface area contributed by atoms with Gasteiger partial charge in [0.25, 0.3) is 0 Å². The smallest absolute Gasteiger partial charge is 0.422 e. The molecule has 3 aromatic rings. The van der Waals surface area contributed by atoms with Gasteiger partial charge in [-0.2, -0.15) is 28.1 Å². The van der Waals surface area contributed by atoms with Crippen LogP contribution in [0.15, 0.2) is 48.5 Å². The number of carbonyl (C=O) groups is 3. The number of aromatic nitrogens is 3. The van der Waals surface area contributed by atoms with E-state index in [1.807, 2.05) is 12.1 Å². The van der Waals surface area contributed by atoms with E-state index in [0.29, 0.717) is 16.4 Å². The number of nitrogens with one attached hydrogen (secondary N) is 4. The summed E-state index contributed by atoms with van der Waals surface area (Å²) in [6.07, 6.45) is -3.18. The van der Waals surface area contributed by atoms with Gasteiger partial charge in [-0.05, 0) is 54.8 Å². The summed E-state index contributed by atoms with van der Waals surface area (Å²) >= 11 is 6.03. The zero-order valence-electron chi connectivity index (χ0n) is 27.1. The predicted molar refractivity (Wildman–Crippen MR) is 175 cm³/mol. The number of nitrogens with zero attached hydrogens (tertiary/aromatic N) is 4. The molecule has 0 aliphatic heterocycles. The fraction of sp³-hybridized carbons (Fsp3) is 0.419. The largest absolute Gasteiger partial charge is 0.462 e. The van der Waals surface area contributed by atoms with Crippen LogP contribution in [-0.2, 0) is 29.4 Å². The van der Waals surface area contributed by atoms with E-state index in [9.17, 15) is 27.6 Å². The molecule has 1 aromatic heterocycles. The number of hydrogen-bond acceptors (Lipinski definition) is 13. The van der Waals surface area contributed by atoms with Gasteiger partial charge in [-0.15, -0.1) is 0 Å².